The van der Waals surface area contributed by atoms with Crippen LogP contribution in [-0.4, -0.2) is 60.9 Å². The second-order valence-corrected chi connectivity index (χ2v) is 7.93. The van der Waals surface area contributed by atoms with Crippen molar-refractivity contribution < 1.29 is 9.59 Å². The maximum absolute atomic E-state index is 12.8. The Hall–Kier alpha value is -1.30. The SMILES string of the molecule is Cl.O=C(c1ccc(Cl)cc1)N1CCN(C(=O)C2CC23CCNCC3)CC1. The molecule has 1 atom stereocenters. The standard InChI is InChI=1S/C19H24ClN3O2.ClH/c20-15-3-1-14(2-4-15)17(24)22-9-11-23(12-10-22)18(25)16-13-19(16)5-7-21-8-6-19;/h1-4,16,21H,5-13H2;1H. The quantitative estimate of drug-likeness (QED) is 0.833. The smallest absolute Gasteiger partial charge is 0.253 e. The molecule has 5 nitrogen and oxygen atoms in total. The van der Waals surface area contributed by atoms with Crippen LogP contribution in [0, 0.1) is 11.3 Å². The summed E-state index contributed by atoms with van der Waals surface area (Å²) in [6.45, 7) is 4.56. The van der Waals surface area contributed by atoms with E-state index in [2.05, 4.69) is 5.32 Å². The molecule has 1 aromatic carbocycles. The summed E-state index contributed by atoms with van der Waals surface area (Å²) in [5, 5.41) is 4.01. The average molecular weight is 398 g/mol. The zero-order chi connectivity index (χ0) is 17.4. The molecule has 1 saturated carbocycles. The van der Waals surface area contributed by atoms with Crippen molar-refractivity contribution >= 4 is 35.8 Å². The van der Waals surface area contributed by atoms with Crippen molar-refractivity contribution in [2.75, 3.05) is 39.3 Å². The summed E-state index contributed by atoms with van der Waals surface area (Å²) in [7, 11) is 0. The van der Waals surface area contributed by atoms with Gasteiger partial charge in [-0.2, -0.15) is 0 Å². The number of carbonyl (C=O) groups excluding carboxylic acids is 2. The van der Waals surface area contributed by atoms with Gasteiger partial charge in [-0.1, -0.05) is 11.6 Å². The first-order chi connectivity index (χ1) is 12.1. The number of hydrogen-bond donors (Lipinski definition) is 1. The van der Waals surface area contributed by atoms with Crippen LogP contribution < -0.4 is 5.32 Å². The van der Waals surface area contributed by atoms with Crippen LogP contribution in [0.5, 0.6) is 0 Å². The molecule has 1 N–H and O–H groups in total. The molecule has 3 aliphatic rings. The van der Waals surface area contributed by atoms with Crippen LogP contribution in [0.4, 0.5) is 0 Å². The molecule has 4 rings (SSSR count). The molecule has 2 saturated heterocycles. The molecule has 0 bridgehead atoms. The van der Waals surface area contributed by atoms with E-state index in [1.165, 1.54) is 0 Å². The molecule has 2 amide bonds. The number of nitrogens with zero attached hydrogens (tertiary/aromatic N) is 2. The van der Waals surface area contributed by atoms with Crippen molar-refractivity contribution in [2.45, 2.75) is 19.3 Å². The largest absolute Gasteiger partial charge is 0.339 e. The van der Waals surface area contributed by atoms with Gasteiger partial charge in [-0.05, 0) is 62.0 Å². The highest BCUT2D eigenvalue weighted by Crippen LogP contribution is 2.59. The lowest BCUT2D eigenvalue weighted by molar-refractivity contribution is -0.135. The van der Waals surface area contributed by atoms with E-state index in [1.807, 2.05) is 9.80 Å². The number of amides is 2. The Morgan fingerprint density at radius 3 is 2.19 bits per heavy atom. The maximum Gasteiger partial charge on any atom is 0.253 e. The summed E-state index contributed by atoms with van der Waals surface area (Å²) >= 11 is 5.88. The van der Waals surface area contributed by atoms with E-state index in [0.717, 1.165) is 32.4 Å². The van der Waals surface area contributed by atoms with Gasteiger partial charge in [0, 0.05) is 42.7 Å². The lowest BCUT2D eigenvalue weighted by Crippen LogP contribution is -2.51. The van der Waals surface area contributed by atoms with Crippen LogP contribution in [0.2, 0.25) is 5.02 Å². The van der Waals surface area contributed by atoms with Gasteiger partial charge in [0.05, 0.1) is 0 Å². The van der Waals surface area contributed by atoms with E-state index in [1.54, 1.807) is 24.3 Å². The maximum atomic E-state index is 12.8. The van der Waals surface area contributed by atoms with Gasteiger partial charge in [0.2, 0.25) is 5.91 Å². The normalized spacial score (nSPS) is 24.1. The molecule has 3 fully saturated rings. The lowest BCUT2D eigenvalue weighted by Gasteiger charge is -2.35. The van der Waals surface area contributed by atoms with Crippen LogP contribution in [0.1, 0.15) is 29.6 Å². The Balaban J connectivity index is 0.00000196. The van der Waals surface area contributed by atoms with Crippen molar-refractivity contribution in [3.63, 3.8) is 0 Å². The molecule has 2 heterocycles. The Labute approximate surface area is 165 Å². The van der Waals surface area contributed by atoms with Gasteiger partial charge < -0.3 is 15.1 Å². The summed E-state index contributed by atoms with van der Waals surface area (Å²) in [4.78, 5) is 29.2. The molecule has 0 aromatic heterocycles. The van der Waals surface area contributed by atoms with Crippen molar-refractivity contribution in [1.29, 1.82) is 0 Å². The van der Waals surface area contributed by atoms with Crippen molar-refractivity contribution in [3.05, 3.63) is 34.9 Å². The number of hydrogen-bond acceptors (Lipinski definition) is 3. The van der Waals surface area contributed by atoms with Gasteiger partial charge in [-0.15, -0.1) is 12.4 Å². The minimum atomic E-state index is 0. The molecular weight excluding hydrogens is 373 g/mol. The molecule has 1 spiro atoms. The van der Waals surface area contributed by atoms with Gasteiger partial charge in [-0.3, -0.25) is 9.59 Å². The highest BCUT2D eigenvalue weighted by atomic mass is 35.5. The van der Waals surface area contributed by atoms with Crippen LogP contribution in [-0.2, 0) is 4.79 Å². The van der Waals surface area contributed by atoms with E-state index >= 15 is 0 Å². The molecule has 7 heteroatoms. The first-order valence-electron chi connectivity index (χ1n) is 9.13. The number of carbonyl (C=O) groups is 2. The lowest BCUT2D eigenvalue weighted by atomic mass is 9.91. The fourth-order valence-corrected chi connectivity index (χ4v) is 4.43. The van der Waals surface area contributed by atoms with Crippen LogP contribution >= 0.6 is 24.0 Å². The number of halogens is 2. The summed E-state index contributed by atoms with van der Waals surface area (Å²) in [6.07, 6.45) is 3.30. The van der Waals surface area contributed by atoms with Gasteiger partial charge in [-0.25, -0.2) is 0 Å². The van der Waals surface area contributed by atoms with Crippen LogP contribution in [0.3, 0.4) is 0 Å². The molecule has 1 aromatic rings. The Bertz CT molecular complexity index is 666. The number of piperazine rings is 1. The summed E-state index contributed by atoms with van der Waals surface area (Å²) in [6, 6.07) is 6.99. The van der Waals surface area contributed by atoms with E-state index in [-0.39, 0.29) is 29.6 Å². The molecule has 1 unspecified atom stereocenters. The third kappa shape index (κ3) is 3.71. The fraction of sp³-hybridized carbons (Fsp3) is 0.579. The van der Waals surface area contributed by atoms with E-state index in [9.17, 15) is 9.59 Å². The van der Waals surface area contributed by atoms with Crippen molar-refractivity contribution in [1.82, 2.24) is 15.1 Å². The number of benzene rings is 1. The highest BCUT2D eigenvalue weighted by molar-refractivity contribution is 6.30. The van der Waals surface area contributed by atoms with Gasteiger partial charge >= 0.3 is 0 Å². The predicted molar refractivity (Wildman–Crippen MR) is 104 cm³/mol. The van der Waals surface area contributed by atoms with E-state index in [4.69, 9.17) is 11.6 Å². The second-order valence-electron chi connectivity index (χ2n) is 7.49. The molecular formula is C19H25Cl2N3O2. The summed E-state index contributed by atoms with van der Waals surface area (Å²) < 4.78 is 0. The van der Waals surface area contributed by atoms with Crippen molar-refractivity contribution in [2.24, 2.45) is 11.3 Å². The number of rotatable bonds is 2. The Morgan fingerprint density at radius 1 is 1.00 bits per heavy atom. The Kier molecular flexibility index (Phi) is 5.80. The van der Waals surface area contributed by atoms with Crippen molar-refractivity contribution in [3.8, 4) is 0 Å². The van der Waals surface area contributed by atoms with Crippen LogP contribution in [0.15, 0.2) is 24.3 Å². The summed E-state index contributed by atoms with van der Waals surface area (Å²) in [5.74, 6) is 0.540. The third-order valence-electron chi connectivity index (χ3n) is 6.06. The zero-order valence-corrected chi connectivity index (χ0v) is 16.3. The topological polar surface area (TPSA) is 52.7 Å². The number of nitrogens with one attached hydrogen (secondary N) is 1. The van der Waals surface area contributed by atoms with Gasteiger partial charge in [0.15, 0.2) is 0 Å². The zero-order valence-electron chi connectivity index (χ0n) is 14.7. The van der Waals surface area contributed by atoms with E-state index < -0.39 is 0 Å². The van der Waals surface area contributed by atoms with Crippen LogP contribution in [0.25, 0.3) is 0 Å². The predicted octanol–water partition coefficient (Wildman–Crippen LogP) is 2.44. The number of piperidine rings is 1. The van der Waals surface area contributed by atoms with Gasteiger partial charge in [0.1, 0.15) is 0 Å². The molecule has 2 aliphatic heterocycles. The highest BCUT2D eigenvalue weighted by Gasteiger charge is 2.58. The summed E-state index contributed by atoms with van der Waals surface area (Å²) in [5.41, 5.74) is 0.929. The first-order valence-corrected chi connectivity index (χ1v) is 9.51. The Morgan fingerprint density at radius 2 is 1.58 bits per heavy atom. The van der Waals surface area contributed by atoms with E-state index in [0.29, 0.717) is 42.7 Å². The third-order valence-corrected chi connectivity index (χ3v) is 6.31. The molecule has 26 heavy (non-hydrogen) atoms. The average Bonchev–Trinajstić information content (AvgIpc) is 3.34. The second kappa shape index (κ2) is 7.75. The first kappa shape index (κ1) is 19.5. The molecule has 1 aliphatic carbocycles. The fourth-order valence-electron chi connectivity index (χ4n) is 4.30. The minimum Gasteiger partial charge on any atom is -0.339 e. The monoisotopic (exact) mass is 397 g/mol. The molecule has 0 radical (unpaired) electrons. The van der Waals surface area contributed by atoms with Gasteiger partial charge in [0.25, 0.3) is 5.91 Å². The minimum absolute atomic E-state index is 0. The molecule has 142 valence electrons.